The lowest BCUT2D eigenvalue weighted by Gasteiger charge is -2.07. The Bertz CT molecular complexity index is 468. The molecule has 0 aromatic carbocycles. The molecular weight excluding hydrogens is 202 g/mol. The van der Waals surface area contributed by atoms with Crippen molar-refractivity contribution in [3.63, 3.8) is 0 Å². The third kappa shape index (κ3) is 2.35. The molecule has 4 nitrogen and oxygen atoms in total. The fraction of sp³-hybridized carbons (Fsp3) is 0.167. The summed E-state index contributed by atoms with van der Waals surface area (Å²) < 4.78 is 5.60. The van der Waals surface area contributed by atoms with E-state index in [0.717, 1.165) is 11.3 Å². The van der Waals surface area contributed by atoms with Crippen LogP contribution in [0.2, 0.25) is 0 Å². The first-order valence-corrected chi connectivity index (χ1v) is 5.04. The van der Waals surface area contributed by atoms with E-state index in [1.807, 2.05) is 31.2 Å². The lowest BCUT2D eigenvalue weighted by atomic mass is 10.3. The maximum Gasteiger partial charge on any atom is 0.223 e. The number of aromatic nitrogens is 2. The largest absolute Gasteiger partial charge is 0.437 e. The van der Waals surface area contributed by atoms with Crippen LogP contribution in [0.1, 0.15) is 11.3 Å². The van der Waals surface area contributed by atoms with Crippen LogP contribution in [0, 0.1) is 6.92 Å². The quantitative estimate of drug-likeness (QED) is 0.851. The van der Waals surface area contributed by atoms with Crippen molar-refractivity contribution < 1.29 is 4.74 Å². The Kier molecular flexibility index (Phi) is 3.12. The third-order valence-corrected chi connectivity index (χ3v) is 2.17. The van der Waals surface area contributed by atoms with Gasteiger partial charge in [-0.2, -0.15) is 0 Å². The van der Waals surface area contributed by atoms with Crippen LogP contribution in [0.15, 0.2) is 36.7 Å². The molecule has 2 aromatic rings. The van der Waals surface area contributed by atoms with Crippen molar-refractivity contribution in [2.24, 2.45) is 5.73 Å². The highest BCUT2D eigenvalue weighted by Crippen LogP contribution is 2.21. The summed E-state index contributed by atoms with van der Waals surface area (Å²) in [5.41, 5.74) is 7.42. The second-order valence-corrected chi connectivity index (χ2v) is 3.41. The highest BCUT2D eigenvalue weighted by molar-refractivity contribution is 5.31. The number of rotatable bonds is 3. The Morgan fingerprint density at radius 3 is 2.81 bits per heavy atom. The van der Waals surface area contributed by atoms with Crippen LogP contribution < -0.4 is 10.5 Å². The first-order valence-electron chi connectivity index (χ1n) is 5.04. The van der Waals surface area contributed by atoms with Crippen LogP contribution in [-0.4, -0.2) is 9.97 Å². The number of pyridine rings is 2. The molecule has 2 heterocycles. The van der Waals surface area contributed by atoms with Gasteiger partial charge in [0, 0.05) is 24.0 Å². The zero-order valence-electron chi connectivity index (χ0n) is 9.05. The molecule has 82 valence electrons. The molecule has 0 radical (unpaired) electrons. The Hall–Kier alpha value is -1.94. The highest BCUT2D eigenvalue weighted by atomic mass is 16.5. The van der Waals surface area contributed by atoms with E-state index in [1.165, 1.54) is 0 Å². The van der Waals surface area contributed by atoms with Gasteiger partial charge in [0.2, 0.25) is 5.88 Å². The van der Waals surface area contributed by atoms with Gasteiger partial charge in [-0.15, -0.1) is 0 Å². The lowest BCUT2D eigenvalue weighted by molar-refractivity contribution is 0.454. The summed E-state index contributed by atoms with van der Waals surface area (Å²) in [5, 5.41) is 0. The van der Waals surface area contributed by atoms with Crippen molar-refractivity contribution in [1.82, 2.24) is 9.97 Å². The Balaban J connectivity index is 2.23. The highest BCUT2D eigenvalue weighted by Gasteiger charge is 2.04. The Labute approximate surface area is 94.1 Å². The molecule has 0 amide bonds. The van der Waals surface area contributed by atoms with Gasteiger partial charge >= 0.3 is 0 Å². The molecule has 0 spiro atoms. The zero-order chi connectivity index (χ0) is 11.4. The first-order chi connectivity index (χ1) is 7.79. The SMILES string of the molecule is Cc1ccc(Oc2ncccc2CN)cn1. The summed E-state index contributed by atoms with van der Waals surface area (Å²) in [4.78, 5) is 8.28. The standard InChI is InChI=1S/C12H13N3O/c1-9-4-5-11(8-15-9)16-12-10(7-13)3-2-6-14-12/h2-6,8H,7,13H2,1H3. The molecule has 4 heteroatoms. The van der Waals surface area contributed by atoms with Gasteiger partial charge in [0.05, 0.1) is 6.20 Å². The molecule has 0 unspecified atom stereocenters. The summed E-state index contributed by atoms with van der Waals surface area (Å²) in [6, 6.07) is 7.48. The molecule has 0 aliphatic heterocycles. The van der Waals surface area contributed by atoms with Gasteiger partial charge < -0.3 is 10.5 Å². The molecule has 0 atom stereocenters. The topological polar surface area (TPSA) is 61.0 Å². The van der Waals surface area contributed by atoms with Gasteiger partial charge in [-0.25, -0.2) is 4.98 Å². The van der Waals surface area contributed by atoms with E-state index < -0.39 is 0 Å². The Morgan fingerprint density at radius 2 is 2.12 bits per heavy atom. The molecule has 0 saturated carbocycles. The van der Waals surface area contributed by atoms with Crippen LogP contribution >= 0.6 is 0 Å². The predicted octanol–water partition coefficient (Wildman–Crippen LogP) is 2.04. The Morgan fingerprint density at radius 1 is 1.25 bits per heavy atom. The molecule has 0 aliphatic carbocycles. The van der Waals surface area contributed by atoms with E-state index in [0.29, 0.717) is 18.2 Å². The fourth-order valence-corrected chi connectivity index (χ4v) is 1.30. The number of nitrogens with zero attached hydrogens (tertiary/aromatic N) is 2. The molecule has 0 fully saturated rings. The smallest absolute Gasteiger partial charge is 0.223 e. The second-order valence-electron chi connectivity index (χ2n) is 3.41. The summed E-state index contributed by atoms with van der Waals surface area (Å²) >= 11 is 0. The summed E-state index contributed by atoms with van der Waals surface area (Å²) in [6.45, 7) is 2.33. The number of ether oxygens (including phenoxy) is 1. The molecule has 0 bridgehead atoms. The van der Waals surface area contributed by atoms with Crippen molar-refractivity contribution in [2.45, 2.75) is 13.5 Å². The molecule has 2 aromatic heterocycles. The number of nitrogens with two attached hydrogens (primary N) is 1. The molecular formula is C12H13N3O. The summed E-state index contributed by atoms with van der Waals surface area (Å²) in [6.07, 6.45) is 3.35. The molecule has 2 N–H and O–H groups in total. The fourth-order valence-electron chi connectivity index (χ4n) is 1.30. The summed E-state index contributed by atoms with van der Waals surface area (Å²) in [7, 11) is 0. The van der Waals surface area contributed by atoms with Crippen LogP contribution in [0.3, 0.4) is 0 Å². The van der Waals surface area contributed by atoms with Crippen LogP contribution in [0.4, 0.5) is 0 Å². The predicted molar refractivity (Wildman–Crippen MR) is 61.2 cm³/mol. The number of aryl methyl sites for hydroxylation is 1. The van der Waals surface area contributed by atoms with E-state index in [2.05, 4.69) is 9.97 Å². The minimum Gasteiger partial charge on any atom is -0.437 e. The van der Waals surface area contributed by atoms with Crippen molar-refractivity contribution in [2.75, 3.05) is 0 Å². The molecule has 0 saturated heterocycles. The van der Waals surface area contributed by atoms with Crippen LogP contribution in [0.25, 0.3) is 0 Å². The molecule has 2 rings (SSSR count). The third-order valence-electron chi connectivity index (χ3n) is 2.17. The van der Waals surface area contributed by atoms with Gasteiger partial charge in [-0.1, -0.05) is 6.07 Å². The van der Waals surface area contributed by atoms with E-state index in [-0.39, 0.29) is 0 Å². The van der Waals surface area contributed by atoms with Crippen molar-refractivity contribution >= 4 is 0 Å². The average Bonchev–Trinajstić information content (AvgIpc) is 2.33. The monoisotopic (exact) mass is 215 g/mol. The zero-order valence-corrected chi connectivity index (χ0v) is 9.05. The van der Waals surface area contributed by atoms with Crippen LogP contribution in [0.5, 0.6) is 11.6 Å². The lowest BCUT2D eigenvalue weighted by Crippen LogP contribution is -2.00. The maximum atomic E-state index is 5.60. The van der Waals surface area contributed by atoms with E-state index >= 15 is 0 Å². The van der Waals surface area contributed by atoms with Gasteiger partial charge in [-0.05, 0) is 25.1 Å². The van der Waals surface area contributed by atoms with Gasteiger partial charge in [-0.3, -0.25) is 4.98 Å². The van der Waals surface area contributed by atoms with Gasteiger partial charge in [0.25, 0.3) is 0 Å². The minimum atomic E-state index is 0.405. The minimum absolute atomic E-state index is 0.405. The van der Waals surface area contributed by atoms with Crippen molar-refractivity contribution in [3.8, 4) is 11.6 Å². The van der Waals surface area contributed by atoms with E-state index in [9.17, 15) is 0 Å². The first kappa shape index (κ1) is 10.6. The van der Waals surface area contributed by atoms with E-state index in [4.69, 9.17) is 10.5 Å². The maximum absolute atomic E-state index is 5.60. The van der Waals surface area contributed by atoms with E-state index in [1.54, 1.807) is 12.4 Å². The second kappa shape index (κ2) is 4.72. The van der Waals surface area contributed by atoms with Crippen molar-refractivity contribution in [1.29, 1.82) is 0 Å². The van der Waals surface area contributed by atoms with Crippen molar-refractivity contribution in [3.05, 3.63) is 47.9 Å². The number of hydrogen-bond acceptors (Lipinski definition) is 4. The van der Waals surface area contributed by atoms with Crippen LogP contribution in [-0.2, 0) is 6.54 Å². The summed E-state index contributed by atoms with van der Waals surface area (Å²) in [5.74, 6) is 1.20. The van der Waals surface area contributed by atoms with Gasteiger partial charge in [0.1, 0.15) is 5.75 Å². The molecule has 16 heavy (non-hydrogen) atoms. The number of hydrogen-bond donors (Lipinski definition) is 1. The average molecular weight is 215 g/mol. The molecule has 0 aliphatic rings. The van der Waals surface area contributed by atoms with Gasteiger partial charge in [0.15, 0.2) is 0 Å². The normalized spacial score (nSPS) is 10.1.